The van der Waals surface area contributed by atoms with E-state index in [-0.39, 0.29) is 0 Å². The monoisotopic (exact) mass is 284 g/mol. The molecule has 2 aromatic carbocycles. The molecule has 0 amide bonds. The Morgan fingerprint density at radius 3 is 2.10 bits per heavy atom. The summed E-state index contributed by atoms with van der Waals surface area (Å²) in [6, 6.07) is 13.5. The van der Waals surface area contributed by atoms with Crippen LogP contribution in [-0.2, 0) is 11.2 Å². The van der Waals surface area contributed by atoms with E-state index in [1.807, 2.05) is 45.0 Å². The fourth-order valence-corrected chi connectivity index (χ4v) is 2.36. The number of aryl methyl sites for hydroxylation is 3. The highest BCUT2D eigenvalue weighted by atomic mass is 16.5. The summed E-state index contributed by atoms with van der Waals surface area (Å²) in [7, 11) is 0. The van der Waals surface area contributed by atoms with E-state index in [2.05, 4.69) is 6.07 Å². The molecule has 0 saturated heterocycles. The van der Waals surface area contributed by atoms with Crippen LogP contribution in [-0.4, -0.2) is 17.2 Å². The number of hydrogen-bond acceptors (Lipinski definition) is 2. The van der Waals surface area contributed by atoms with E-state index in [4.69, 9.17) is 4.74 Å². The normalized spacial score (nSPS) is 12.0. The van der Waals surface area contributed by atoms with E-state index in [9.17, 15) is 9.90 Å². The Balaban J connectivity index is 2.15. The zero-order valence-electron chi connectivity index (χ0n) is 12.6. The summed E-state index contributed by atoms with van der Waals surface area (Å²) in [5.74, 6) is -0.368. The van der Waals surface area contributed by atoms with Crippen LogP contribution in [0.2, 0.25) is 0 Å². The van der Waals surface area contributed by atoms with Crippen molar-refractivity contribution in [2.45, 2.75) is 33.3 Å². The van der Waals surface area contributed by atoms with Crippen molar-refractivity contribution < 1.29 is 14.6 Å². The van der Waals surface area contributed by atoms with Gasteiger partial charge in [-0.3, -0.25) is 0 Å². The van der Waals surface area contributed by atoms with E-state index < -0.39 is 12.1 Å². The maximum atomic E-state index is 11.4. The predicted molar refractivity (Wildman–Crippen MR) is 82.9 cm³/mol. The molecule has 0 spiro atoms. The van der Waals surface area contributed by atoms with Gasteiger partial charge in [0.15, 0.2) is 6.10 Å². The number of carboxylic acid groups (broad SMARTS) is 1. The van der Waals surface area contributed by atoms with Gasteiger partial charge in [0, 0.05) is 6.42 Å². The number of carboxylic acids is 1. The minimum absolute atomic E-state index is 0.353. The molecule has 2 aromatic rings. The molecule has 0 bridgehead atoms. The molecule has 0 saturated carbocycles. The molecule has 1 atom stereocenters. The van der Waals surface area contributed by atoms with E-state index in [1.165, 1.54) is 0 Å². The number of aliphatic carboxylic acids is 1. The van der Waals surface area contributed by atoms with Crippen LogP contribution < -0.4 is 4.74 Å². The molecule has 0 aliphatic carbocycles. The summed E-state index contributed by atoms with van der Waals surface area (Å²) in [5.41, 5.74) is 4.35. The van der Waals surface area contributed by atoms with Gasteiger partial charge in [0.25, 0.3) is 0 Å². The molecule has 1 unspecified atom stereocenters. The highest BCUT2D eigenvalue weighted by Gasteiger charge is 2.20. The predicted octanol–water partition coefficient (Wildman–Crippen LogP) is 3.69. The van der Waals surface area contributed by atoms with Gasteiger partial charge < -0.3 is 9.84 Å². The molecule has 0 radical (unpaired) electrons. The van der Waals surface area contributed by atoms with Crippen LogP contribution >= 0.6 is 0 Å². The first-order valence-electron chi connectivity index (χ1n) is 6.97. The van der Waals surface area contributed by atoms with Crippen molar-refractivity contribution in [3.8, 4) is 5.75 Å². The highest BCUT2D eigenvalue weighted by molar-refractivity contribution is 5.73. The van der Waals surface area contributed by atoms with Gasteiger partial charge in [-0.25, -0.2) is 4.79 Å². The Bertz CT molecular complexity index is 609. The van der Waals surface area contributed by atoms with Crippen LogP contribution in [0, 0.1) is 20.8 Å². The van der Waals surface area contributed by atoms with Crippen molar-refractivity contribution in [1.82, 2.24) is 0 Å². The third-order valence-corrected chi connectivity index (χ3v) is 3.28. The van der Waals surface area contributed by atoms with Crippen molar-refractivity contribution in [1.29, 1.82) is 0 Å². The van der Waals surface area contributed by atoms with Gasteiger partial charge in [0.05, 0.1) is 0 Å². The molecule has 21 heavy (non-hydrogen) atoms. The molecule has 0 aromatic heterocycles. The lowest BCUT2D eigenvalue weighted by atomic mass is 10.0. The van der Waals surface area contributed by atoms with Crippen molar-refractivity contribution in [2.24, 2.45) is 0 Å². The van der Waals surface area contributed by atoms with E-state index in [1.54, 1.807) is 12.1 Å². The Morgan fingerprint density at radius 2 is 1.57 bits per heavy atom. The second-order valence-electron chi connectivity index (χ2n) is 5.46. The summed E-state index contributed by atoms with van der Waals surface area (Å²) in [4.78, 5) is 11.4. The van der Waals surface area contributed by atoms with Gasteiger partial charge in [-0.15, -0.1) is 0 Å². The van der Waals surface area contributed by atoms with Gasteiger partial charge in [0.2, 0.25) is 0 Å². The van der Waals surface area contributed by atoms with Gasteiger partial charge in [-0.05, 0) is 38.5 Å². The lowest BCUT2D eigenvalue weighted by Gasteiger charge is -2.16. The van der Waals surface area contributed by atoms with Crippen molar-refractivity contribution in [3.63, 3.8) is 0 Å². The Hall–Kier alpha value is -2.29. The minimum atomic E-state index is -0.949. The summed E-state index contributed by atoms with van der Waals surface area (Å²) < 4.78 is 5.62. The number of rotatable bonds is 5. The number of benzene rings is 2. The zero-order valence-corrected chi connectivity index (χ0v) is 12.6. The molecule has 1 N–H and O–H groups in total. The van der Waals surface area contributed by atoms with Crippen LogP contribution in [0.3, 0.4) is 0 Å². The first kappa shape index (κ1) is 15.1. The average molecular weight is 284 g/mol. The van der Waals surface area contributed by atoms with E-state index >= 15 is 0 Å². The molecule has 0 aliphatic rings. The highest BCUT2D eigenvalue weighted by Crippen LogP contribution is 2.17. The third-order valence-electron chi connectivity index (χ3n) is 3.28. The quantitative estimate of drug-likeness (QED) is 0.911. The molecule has 0 aliphatic heterocycles. The summed E-state index contributed by atoms with van der Waals surface area (Å²) in [6.45, 7) is 5.99. The average Bonchev–Trinajstić information content (AvgIpc) is 2.39. The Kier molecular flexibility index (Phi) is 4.63. The van der Waals surface area contributed by atoms with Crippen LogP contribution in [0.25, 0.3) is 0 Å². The molecule has 3 heteroatoms. The fourth-order valence-electron chi connectivity index (χ4n) is 2.36. The minimum Gasteiger partial charge on any atom is -0.478 e. The van der Waals surface area contributed by atoms with Gasteiger partial charge in [-0.1, -0.05) is 47.0 Å². The molecule has 0 fully saturated rings. The summed E-state index contributed by atoms with van der Waals surface area (Å²) in [5, 5.41) is 9.36. The van der Waals surface area contributed by atoms with E-state index in [0.29, 0.717) is 12.2 Å². The lowest BCUT2D eigenvalue weighted by Crippen LogP contribution is -2.29. The Morgan fingerprint density at radius 1 is 1.00 bits per heavy atom. The molecule has 3 nitrogen and oxygen atoms in total. The lowest BCUT2D eigenvalue weighted by molar-refractivity contribution is -0.145. The third kappa shape index (κ3) is 4.35. The van der Waals surface area contributed by atoms with Crippen LogP contribution in [0.5, 0.6) is 5.75 Å². The van der Waals surface area contributed by atoms with Crippen molar-refractivity contribution in [3.05, 3.63) is 64.7 Å². The first-order chi connectivity index (χ1) is 9.94. The van der Waals surface area contributed by atoms with E-state index in [0.717, 1.165) is 22.3 Å². The van der Waals surface area contributed by atoms with Crippen LogP contribution in [0.4, 0.5) is 0 Å². The molecule has 2 rings (SSSR count). The maximum absolute atomic E-state index is 11.4. The van der Waals surface area contributed by atoms with Gasteiger partial charge in [-0.2, -0.15) is 0 Å². The Labute approximate surface area is 125 Å². The van der Waals surface area contributed by atoms with Crippen molar-refractivity contribution in [2.75, 3.05) is 0 Å². The first-order valence-corrected chi connectivity index (χ1v) is 6.97. The van der Waals surface area contributed by atoms with Crippen molar-refractivity contribution >= 4 is 5.97 Å². The number of hydrogen-bond donors (Lipinski definition) is 1. The van der Waals surface area contributed by atoms with Gasteiger partial charge in [0.1, 0.15) is 5.75 Å². The fraction of sp³-hybridized carbons (Fsp3) is 0.278. The molecule has 110 valence electrons. The SMILES string of the molecule is Cc1ccc(OC(Cc2cc(C)cc(C)c2)C(=O)O)cc1. The maximum Gasteiger partial charge on any atom is 0.345 e. The molecular formula is C18H20O3. The number of ether oxygens (including phenoxy) is 1. The second kappa shape index (κ2) is 6.44. The summed E-state index contributed by atoms with van der Waals surface area (Å²) in [6.07, 6.45) is -0.528. The van der Waals surface area contributed by atoms with Crippen LogP contribution in [0.1, 0.15) is 22.3 Å². The molecule has 0 heterocycles. The second-order valence-corrected chi connectivity index (χ2v) is 5.46. The summed E-state index contributed by atoms with van der Waals surface area (Å²) >= 11 is 0. The number of carbonyl (C=O) groups is 1. The van der Waals surface area contributed by atoms with Crippen LogP contribution in [0.15, 0.2) is 42.5 Å². The standard InChI is InChI=1S/C18H20O3/c1-12-4-6-16(7-5-12)21-17(18(19)20)11-15-9-13(2)8-14(3)10-15/h4-10,17H,11H2,1-3H3,(H,19,20). The smallest absolute Gasteiger partial charge is 0.345 e. The molecular weight excluding hydrogens is 264 g/mol. The largest absolute Gasteiger partial charge is 0.478 e. The topological polar surface area (TPSA) is 46.5 Å². The zero-order chi connectivity index (χ0) is 15.4. The van der Waals surface area contributed by atoms with Gasteiger partial charge >= 0.3 is 5.97 Å².